The maximum atomic E-state index is 4.02. The minimum Gasteiger partial charge on any atom is -0.359 e. The van der Waals surface area contributed by atoms with Gasteiger partial charge in [-0.1, -0.05) is 49.9 Å². The lowest BCUT2D eigenvalue weighted by molar-refractivity contribution is 0.641. The molecule has 1 nitrogen and oxygen atoms in total. The third-order valence-corrected chi connectivity index (χ3v) is 2.65. The van der Waals surface area contributed by atoms with Gasteiger partial charge in [0.1, 0.15) is 0 Å². The Balaban J connectivity index is 2.25. The topological polar surface area (TPSA) is 12.0 Å². The van der Waals surface area contributed by atoms with Crippen molar-refractivity contribution in [2.24, 2.45) is 5.92 Å². The zero-order valence-corrected chi connectivity index (χ0v) is 8.46. The minimum absolute atomic E-state index is 0.544. The average Bonchev–Trinajstić information content (AvgIpc) is 2.23. The smallest absolute Gasteiger partial charge is 0.0415 e. The van der Waals surface area contributed by atoms with Gasteiger partial charge >= 0.3 is 0 Å². The molecule has 1 heterocycles. The summed E-state index contributed by atoms with van der Waals surface area (Å²) in [5, 5.41) is 3.35. The van der Waals surface area contributed by atoms with Crippen molar-refractivity contribution in [1.82, 2.24) is 5.32 Å². The van der Waals surface area contributed by atoms with Gasteiger partial charge < -0.3 is 5.32 Å². The van der Waals surface area contributed by atoms with Gasteiger partial charge in [0.25, 0.3) is 0 Å². The summed E-state index contributed by atoms with van der Waals surface area (Å²) in [5.41, 5.74) is 3.54. The van der Waals surface area contributed by atoms with Crippen LogP contribution in [0.3, 0.4) is 0 Å². The van der Waals surface area contributed by atoms with Crippen molar-refractivity contribution in [2.75, 3.05) is 0 Å². The van der Waals surface area contributed by atoms with Crippen molar-refractivity contribution in [3.8, 4) is 0 Å². The van der Waals surface area contributed by atoms with E-state index in [0.29, 0.717) is 5.92 Å². The highest BCUT2D eigenvalue weighted by Gasteiger charge is 2.13. The first-order chi connectivity index (χ1) is 6.77. The molecule has 0 aromatic heterocycles. The summed E-state index contributed by atoms with van der Waals surface area (Å²) in [6, 6.07) is 10.4. The lowest BCUT2D eigenvalue weighted by Gasteiger charge is -2.23. The summed E-state index contributed by atoms with van der Waals surface area (Å²) in [6.45, 7) is 6.21. The number of hydrogen-bond donors (Lipinski definition) is 1. The maximum absolute atomic E-state index is 4.02. The third kappa shape index (κ3) is 1.72. The van der Waals surface area contributed by atoms with E-state index in [4.69, 9.17) is 0 Å². The van der Waals surface area contributed by atoms with Gasteiger partial charge in [0.05, 0.1) is 0 Å². The summed E-state index contributed by atoms with van der Waals surface area (Å²) >= 11 is 0. The summed E-state index contributed by atoms with van der Waals surface area (Å²) in [6.07, 6.45) is 3.32. The largest absolute Gasteiger partial charge is 0.359 e. The number of allylic oxidation sites excluding steroid dienone is 2. The zero-order valence-electron chi connectivity index (χ0n) is 8.46. The van der Waals surface area contributed by atoms with E-state index in [0.717, 1.165) is 12.1 Å². The lowest BCUT2D eigenvalue weighted by atomic mass is 9.97. The van der Waals surface area contributed by atoms with Crippen LogP contribution in [0.5, 0.6) is 0 Å². The summed E-state index contributed by atoms with van der Waals surface area (Å²) < 4.78 is 0. The van der Waals surface area contributed by atoms with E-state index in [1.807, 2.05) is 6.07 Å². The molecule has 0 aliphatic carbocycles. The van der Waals surface area contributed by atoms with Gasteiger partial charge in [-0.2, -0.15) is 0 Å². The second kappa shape index (κ2) is 3.70. The monoisotopic (exact) mass is 185 g/mol. The Morgan fingerprint density at radius 2 is 2.00 bits per heavy atom. The highest BCUT2D eigenvalue weighted by atomic mass is 14.9. The number of rotatable bonds is 1. The van der Waals surface area contributed by atoms with Gasteiger partial charge in [-0.3, -0.25) is 0 Å². The molecule has 0 saturated carbocycles. The molecule has 72 valence electrons. The van der Waals surface area contributed by atoms with Gasteiger partial charge in [0, 0.05) is 11.4 Å². The van der Waals surface area contributed by atoms with Crippen LogP contribution in [0.15, 0.2) is 48.7 Å². The molecular weight excluding hydrogens is 170 g/mol. The fraction of sp³-hybridized carbons (Fsp3) is 0.231. The molecule has 0 fully saturated rings. The van der Waals surface area contributed by atoms with E-state index in [1.54, 1.807) is 0 Å². The maximum Gasteiger partial charge on any atom is 0.0415 e. The Labute approximate surface area is 85.2 Å². The van der Waals surface area contributed by atoms with Gasteiger partial charge in [-0.15, -0.1) is 0 Å². The molecule has 1 unspecified atom stereocenters. The lowest BCUT2D eigenvalue weighted by Crippen LogP contribution is -2.20. The Bertz CT molecular complexity index is 362. The molecule has 1 aromatic rings. The number of benzene rings is 1. The number of nitrogens with one attached hydrogen (secondary N) is 1. The normalized spacial score (nSPS) is 21.4. The van der Waals surface area contributed by atoms with Crippen molar-refractivity contribution in [2.45, 2.75) is 13.3 Å². The molecule has 1 aromatic carbocycles. The van der Waals surface area contributed by atoms with Crippen LogP contribution in [-0.2, 0) is 0 Å². The van der Waals surface area contributed by atoms with Gasteiger partial charge in [-0.05, 0) is 17.9 Å². The van der Waals surface area contributed by atoms with Gasteiger partial charge in [0.2, 0.25) is 0 Å². The first kappa shape index (κ1) is 9.07. The Kier molecular flexibility index (Phi) is 2.40. The van der Waals surface area contributed by atoms with E-state index in [1.165, 1.54) is 11.3 Å². The van der Waals surface area contributed by atoms with Crippen LogP contribution in [0, 0.1) is 5.92 Å². The predicted octanol–water partition coefficient (Wildman–Crippen LogP) is 3.17. The second-order valence-electron chi connectivity index (χ2n) is 3.77. The highest BCUT2D eigenvalue weighted by Crippen LogP contribution is 2.23. The highest BCUT2D eigenvalue weighted by molar-refractivity contribution is 5.66. The van der Waals surface area contributed by atoms with E-state index in [2.05, 4.69) is 49.2 Å². The Morgan fingerprint density at radius 3 is 2.64 bits per heavy atom. The van der Waals surface area contributed by atoms with Crippen molar-refractivity contribution in [3.63, 3.8) is 0 Å². The summed E-state index contributed by atoms with van der Waals surface area (Å²) in [4.78, 5) is 0. The first-order valence-corrected chi connectivity index (χ1v) is 4.99. The molecule has 1 atom stereocenters. The van der Waals surface area contributed by atoms with Gasteiger partial charge in [-0.25, -0.2) is 0 Å². The Hall–Kier alpha value is -1.50. The molecule has 0 radical (unpaired) electrons. The summed E-state index contributed by atoms with van der Waals surface area (Å²) in [5.74, 6) is 0.544. The first-order valence-electron chi connectivity index (χ1n) is 4.99. The second-order valence-corrected chi connectivity index (χ2v) is 3.77. The fourth-order valence-electron chi connectivity index (χ4n) is 1.59. The van der Waals surface area contributed by atoms with Crippen LogP contribution in [0.25, 0.3) is 5.70 Å². The van der Waals surface area contributed by atoms with E-state index in [9.17, 15) is 0 Å². The summed E-state index contributed by atoms with van der Waals surface area (Å²) in [7, 11) is 0. The number of hydrogen-bond acceptors (Lipinski definition) is 1. The Morgan fingerprint density at radius 1 is 1.29 bits per heavy atom. The van der Waals surface area contributed by atoms with E-state index in [-0.39, 0.29) is 0 Å². The van der Waals surface area contributed by atoms with Crippen molar-refractivity contribution < 1.29 is 0 Å². The predicted molar refractivity (Wildman–Crippen MR) is 60.5 cm³/mol. The molecule has 0 bridgehead atoms. The fourth-order valence-corrected chi connectivity index (χ4v) is 1.59. The minimum atomic E-state index is 0.544. The molecule has 1 aliphatic rings. The molecule has 1 N–H and O–H groups in total. The molecule has 14 heavy (non-hydrogen) atoms. The van der Waals surface area contributed by atoms with Crippen molar-refractivity contribution >= 4 is 5.70 Å². The third-order valence-electron chi connectivity index (χ3n) is 2.65. The van der Waals surface area contributed by atoms with Crippen LogP contribution < -0.4 is 5.32 Å². The standard InChI is InChI=1S/C13H15N/c1-10-8-9-13(14-11(10)2)12-6-4-3-5-7-12/h3-7,9-10,14H,2,8H2,1H3. The van der Waals surface area contributed by atoms with Crippen LogP contribution in [-0.4, -0.2) is 0 Å². The van der Waals surface area contributed by atoms with Crippen LogP contribution in [0.2, 0.25) is 0 Å². The van der Waals surface area contributed by atoms with Crippen LogP contribution in [0.1, 0.15) is 18.9 Å². The van der Waals surface area contributed by atoms with Crippen LogP contribution in [0.4, 0.5) is 0 Å². The van der Waals surface area contributed by atoms with Crippen LogP contribution >= 0.6 is 0 Å². The molecule has 1 heteroatoms. The van der Waals surface area contributed by atoms with E-state index < -0.39 is 0 Å². The average molecular weight is 185 g/mol. The van der Waals surface area contributed by atoms with Crippen molar-refractivity contribution in [1.29, 1.82) is 0 Å². The van der Waals surface area contributed by atoms with Crippen molar-refractivity contribution in [3.05, 3.63) is 54.2 Å². The molecule has 1 aliphatic heterocycles. The zero-order chi connectivity index (χ0) is 9.97. The van der Waals surface area contributed by atoms with E-state index >= 15 is 0 Å². The molecule has 0 spiro atoms. The molecule has 2 rings (SSSR count). The molecular formula is C13H15N. The van der Waals surface area contributed by atoms with Gasteiger partial charge in [0.15, 0.2) is 0 Å². The molecule has 0 saturated heterocycles. The quantitative estimate of drug-likeness (QED) is 0.708. The molecule has 0 amide bonds. The SMILES string of the molecule is C=C1NC(c2ccccc2)=CCC1C.